The van der Waals surface area contributed by atoms with Crippen LogP contribution in [0.15, 0.2) is 54.9 Å². The van der Waals surface area contributed by atoms with Crippen molar-refractivity contribution in [3.05, 3.63) is 66.0 Å². The number of hydrogen-bond donors (Lipinski definition) is 2. The van der Waals surface area contributed by atoms with E-state index < -0.39 is 6.10 Å². The minimum Gasteiger partial charge on any atom is -0.387 e. The van der Waals surface area contributed by atoms with Crippen LogP contribution in [0.2, 0.25) is 0 Å². The molecule has 0 bridgehead atoms. The van der Waals surface area contributed by atoms with E-state index in [0.717, 1.165) is 18.5 Å². The topological polar surface area (TPSA) is 45.1 Å². The van der Waals surface area contributed by atoms with Crippen molar-refractivity contribution < 1.29 is 5.11 Å². The lowest BCUT2D eigenvalue weighted by Gasteiger charge is -2.12. The van der Waals surface area contributed by atoms with Gasteiger partial charge in [-0.15, -0.1) is 0 Å². The Hall–Kier alpha value is -1.71. The van der Waals surface area contributed by atoms with E-state index >= 15 is 0 Å². The molecule has 0 amide bonds. The predicted molar refractivity (Wildman–Crippen MR) is 72.2 cm³/mol. The van der Waals surface area contributed by atoms with Crippen molar-refractivity contribution in [1.82, 2.24) is 10.3 Å². The van der Waals surface area contributed by atoms with Gasteiger partial charge in [0.1, 0.15) is 0 Å². The van der Waals surface area contributed by atoms with Crippen LogP contribution in [0.5, 0.6) is 0 Å². The van der Waals surface area contributed by atoms with Crippen molar-refractivity contribution in [1.29, 1.82) is 0 Å². The molecule has 0 aliphatic rings. The van der Waals surface area contributed by atoms with Gasteiger partial charge in [0.05, 0.1) is 6.10 Å². The van der Waals surface area contributed by atoms with Gasteiger partial charge in [-0.1, -0.05) is 30.3 Å². The second-order valence-electron chi connectivity index (χ2n) is 4.24. The Balaban J connectivity index is 1.70. The summed E-state index contributed by atoms with van der Waals surface area (Å²) in [5.74, 6) is 0. The first-order valence-electron chi connectivity index (χ1n) is 6.19. The molecular weight excluding hydrogens is 224 g/mol. The van der Waals surface area contributed by atoms with E-state index in [1.165, 1.54) is 5.56 Å². The molecule has 0 spiro atoms. The number of nitrogens with zero attached hydrogens (tertiary/aromatic N) is 1. The van der Waals surface area contributed by atoms with Crippen LogP contribution in [0.4, 0.5) is 0 Å². The normalized spacial score (nSPS) is 12.3. The molecule has 1 unspecified atom stereocenters. The lowest BCUT2D eigenvalue weighted by atomic mass is 10.1. The van der Waals surface area contributed by atoms with Gasteiger partial charge >= 0.3 is 0 Å². The second kappa shape index (κ2) is 6.89. The largest absolute Gasteiger partial charge is 0.387 e. The summed E-state index contributed by atoms with van der Waals surface area (Å²) in [4.78, 5) is 3.98. The fourth-order valence-corrected chi connectivity index (χ4v) is 1.81. The van der Waals surface area contributed by atoms with E-state index in [4.69, 9.17) is 0 Å². The molecule has 1 heterocycles. The highest BCUT2D eigenvalue weighted by Gasteiger charge is 2.05. The molecule has 1 aromatic heterocycles. The van der Waals surface area contributed by atoms with Crippen LogP contribution < -0.4 is 5.32 Å². The number of rotatable bonds is 6. The third kappa shape index (κ3) is 3.95. The number of benzene rings is 1. The van der Waals surface area contributed by atoms with E-state index in [0.29, 0.717) is 6.54 Å². The summed E-state index contributed by atoms with van der Waals surface area (Å²) >= 11 is 0. The summed E-state index contributed by atoms with van der Waals surface area (Å²) in [7, 11) is 0. The van der Waals surface area contributed by atoms with Gasteiger partial charge < -0.3 is 10.4 Å². The fourth-order valence-electron chi connectivity index (χ4n) is 1.81. The highest BCUT2D eigenvalue weighted by atomic mass is 16.3. The molecule has 0 saturated heterocycles. The Kier molecular flexibility index (Phi) is 4.88. The highest BCUT2D eigenvalue weighted by Crippen LogP contribution is 2.10. The van der Waals surface area contributed by atoms with Gasteiger partial charge in [0.25, 0.3) is 0 Å². The SMILES string of the molecule is OC(CNCCc1ccncc1)c1ccccc1. The lowest BCUT2D eigenvalue weighted by molar-refractivity contribution is 0.175. The summed E-state index contributed by atoms with van der Waals surface area (Å²) in [6, 6.07) is 13.7. The fraction of sp³-hybridized carbons (Fsp3) is 0.267. The minimum atomic E-state index is -0.441. The van der Waals surface area contributed by atoms with E-state index in [1.807, 2.05) is 42.5 Å². The van der Waals surface area contributed by atoms with Crippen LogP contribution in [0.3, 0.4) is 0 Å². The smallest absolute Gasteiger partial charge is 0.0914 e. The standard InChI is InChI=1S/C15H18N2O/c18-15(14-4-2-1-3-5-14)12-17-11-8-13-6-9-16-10-7-13/h1-7,9-10,15,17-18H,8,11-12H2. The molecule has 0 radical (unpaired) electrons. The average molecular weight is 242 g/mol. The second-order valence-corrected chi connectivity index (χ2v) is 4.24. The van der Waals surface area contributed by atoms with Crippen LogP contribution in [0, 0.1) is 0 Å². The van der Waals surface area contributed by atoms with Crippen molar-refractivity contribution in [3.8, 4) is 0 Å². The molecule has 94 valence electrons. The number of hydrogen-bond acceptors (Lipinski definition) is 3. The van der Waals surface area contributed by atoms with E-state index in [-0.39, 0.29) is 0 Å². The maximum Gasteiger partial charge on any atom is 0.0914 e. The van der Waals surface area contributed by atoms with E-state index in [9.17, 15) is 5.11 Å². The van der Waals surface area contributed by atoms with E-state index in [1.54, 1.807) is 12.4 Å². The van der Waals surface area contributed by atoms with Gasteiger partial charge in [-0.3, -0.25) is 4.98 Å². The number of aliphatic hydroxyl groups excluding tert-OH is 1. The van der Waals surface area contributed by atoms with Crippen molar-refractivity contribution in [2.75, 3.05) is 13.1 Å². The average Bonchev–Trinajstić information content (AvgIpc) is 2.45. The van der Waals surface area contributed by atoms with Crippen molar-refractivity contribution in [3.63, 3.8) is 0 Å². The zero-order valence-corrected chi connectivity index (χ0v) is 10.3. The molecule has 1 atom stereocenters. The Morgan fingerprint density at radius 2 is 1.78 bits per heavy atom. The Morgan fingerprint density at radius 1 is 1.06 bits per heavy atom. The van der Waals surface area contributed by atoms with Crippen molar-refractivity contribution >= 4 is 0 Å². The molecule has 2 aromatic rings. The molecule has 2 rings (SSSR count). The van der Waals surface area contributed by atoms with E-state index in [2.05, 4.69) is 10.3 Å². The van der Waals surface area contributed by atoms with Gasteiger partial charge in [0, 0.05) is 18.9 Å². The first-order valence-corrected chi connectivity index (χ1v) is 6.19. The van der Waals surface area contributed by atoms with Gasteiger partial charge in [0.15, 0.2) is 0 Å². The lowest BCUT2D eigenvalue weighted by Crippen LogP contribution is -2.23. The molecular formula is C15H18N2O. The quantitative estimate of drug-likeness (QED) is 0.761. The maximum absolute atomic E-state index is 9.95. The van der Waals surface area contributed by atoms with Crippen molar-refractivity contribution in [2.24, 2.45) is 0 Å². The zero-order chi connectivity index (χ0) is 12.6. The molecule has 1 aromatic carbocycles. The molecule has 0 saturated carbocycles. The Labute approximate surface area is 108 Å². The molecule has 3 nitrogen and oxygen atoms in total. The predicted octanol–water partition coefficient (Wildman–Crippen LogP) is 1.95. The van der Waals surface area contributed by atoms with Gasteiger partial charge in [-0.05, 0) is 36.2 Å². The molecule has 0 aliphatic heterocycles. The minimum absolute atomic E-state index is 0.441. The number of nitrogens with one attached hydrogen (secondary N) is 1. The van der Waals surface area contributed by atoms with Crippen LogP contribution in [-0.2, 0) is 6.42 Å². The van der Waals surface area contributed by atoms with Crippen LogP contribution in [-0.4, -0.2) is 23.2 Å². The monoisotopic (exact) mass is 242 g/mol. The maximum atomic E-state index is 9.95. The zero-order valence-electron chi connectivity index (χ0n) is 10.3. The summed E-state index contributed by atoms with van der Waals surface area (Å²) in [6.07, 6.45) is 4.11. The highest BCUT2D eigenvalue weighted by molar-refractivity contribution is 5.17. The first kappa shape index (κ1) is 12.7. The summed E-state index contributed by atoms with van der Waals surface area (Å²) in [5.41, 5.74) is 2.21. The summed E-state index contributed by atoms with van der Waals surface area (Å²) in [6.45, 7) is 1.43. The summed E-state index contributed by atoms with van der Waals surface area (Å²) < 4.78 is 0. The third-order valence-electron chi connectivity index (χ3n) is 2.86. The molecule has 0 aliphatic carbocycles. The van der Waals surface area contributed by atoms with Crippen LogP contribution >= 0.6 is 0 Å². The van der Waals surface area contributed by atoms with Gasteiger partial charge in [-0.2, -0.15) is 0 Å². The van der Waals surface area contributed by atoms with Crippen LogP contribution in [0.1, 0.15) is 17.2 Å². The van der Waals surface area contributed by atoms with Crippen LogP contribution in [0.25, 0.3) is 0 Å². The molecule has 18 heavy (non-hydrogen) atoms. The summed E-state index contributed by atoms with van der Waals surface area (Å²) in [5, 5.41) is 13.2. The number of aromatic nitrogens is 1. The molecule has 2 N–H and O–H groups in total. The van der Waals surface area contributed by atoms with Gasteiger partial charge in [-0.25, -0.2) is 0 Å². The molecule has 0 fully saturated rings. The number of aliphatic hydroxyl groups is 1. The first-order chi connectivity index (χ1) is 8.86. The number of pyridine rings is 1. The van der Waals surface area contributed by atoms with Gasteiger partial charge in [0.2, 0.25) is 0 Å². The Bertz CT molecular complexity index is 445. The molecule has 3 heteroatoms. The Morgan fingerprint density at radius 3 is 2.50 bits per heavy atom. The van der Waals surface area contributed by atoms with Crippen molar-refractivity contribution in [2.45, 2.75) is 12.5 Å². The third-order valence-corrected chi connectivity index (χ3v) is 2.86.